The maximum Gasteiger partial charge on any atom is 0.302 e. The topological polar surface area (TPSA) is 123 Å². The van der Waals surface area contributed by atoms with Crippen molar-refractivity contribution in [3.63, 3.8) is 0 Å². The molecule has 9 nitrogen and oxygen atoms in total. The molecule has 0 fully saturated rings. The number of fused-ring (bicyclic) bond motifs is 3. The summed E-state index contributed by atoms with van der Waals surface area (Å²) >= 11 is 0. The molecular formula is C19H21N3O6S. The van der Waals surface area contributed by atoms with Gasteiger partial charge in [0.15, 0.2) is 0 Å². The number of pyridine rings is 1. The lowest BCUT2D eigenvalue weighted by atomic mass is 10.0. The molecule has 1 aliphatic heterocycles. The largest absolute Gasteiger partial charge is 0.464 e. The van der Waals surface area contributed by atoms with Crippen molar-refractivity contribution in [1.82, 2.24) is 14.6 Å². The van der Waals surface area contributed by atoms with Gasteiger partial charge in [-0.3, -0.25) is 24.3 Å². The second-order valence-corrected chi connectivity index (χ2v) is 8.72. The smallest absolute Gasteiger partial charge is 0.302 e. The van der Waals surface area contributed by atoms with E-state index in [-0.39, 0.29) is 40.6 Å². The molecular weight excluding hydrogens is 398 g/mol. The summed E-state index contributed by atoms with van der Waals surface area (Å²) < 4.78 is 32.4. The minimum absolute atomic E-state index is 0.0230. The van der Waals surface area contributed by atoms with E-state index in [1.807, 2.05) is 0 Å². The van der Waals surface area contributed by atoms with Crippen LogP contribution in [0.2, 0.25) is 0 Å². The normalized spacial score (nSPS) is 14.0. The fourth-order valence-corrected chi connectivity index (χ4v) is 4.52. The van der Waals surface area contributed by atoms with E-state index < -0.39 is 27.8 Å². The Labute approximate surface area is 168 Å². The van der Waals surface area contributed by atoms with E-state index in [4.69, 9.17) is 4.74 Å². The van der Waals surface area contributed by atoms with Crippen LogP contribution in [0.5, 0.6) is 0 Å². The quantitative estimate of drug-likeness (QED) is 0.554. The Morgan fingerprint density at radius 2 is 1.86 bits per heavy atom. The Morgan fingerprint density at radius 3 is 2.48 bits per heavy atom. The summed E-state index contributed by atoms with van der Waals surface area (Å²) in [6.45, 7) is 6.03. The van der Waals surface area contributed by atoms with Crippen molar-refractivity contribution in [1.29, 1.82) is 0 Å². The van der Waals surface area contributed by atoms with Crippen LogP contribution in [-0.4, -0.2) is 55.3 Å². The molecule has 2 amide bonds. The number of carbonyl (C=O) groups is 3. The molecule has 0 radical (unpaired) electrons. The second-order valence-electron chi connectivity index (χ2n) is 7.00. The number of amides is 2. The maximum atomic E-state index is 13.0. The van der Waals surface area contributed by atoms with Gasteiger partial charge in [-0.25, -0.2) is 13.1 Å². The van der Waals surface area contributed by atoms with Crippen LogP contribution < -0.4 is 4.72 Å². The molecule has 154 valence electrons. The minimum atomic E-state index is -3.79. The SMILES string of the molecule is CC(=O)OCCN1C(=O)c2c(C)nc3ccc(S(=O)(=O)NC(C)C)cc3c2C1=O. The average molecular weight is 419 g/mol. The van der Waals surface area contributed by atoms with Gasteiger partial charge in [-0.05, 0) is 39.0 Å². The molecule has 1 aromatic heterocycles. The first-order valence-electron chi connectivity index (χ1n) is 8.99. The molecule has 0 saturated heterocycles. The lowest BCUT2D eigenvalue weighted by Crippen LogP contribution is -2.33. The highest BCUT2D eigenvalue weighted by Crippen LogP contribution is 2.32. The number of benzene rings is 1. The summed E-state index contributed by atoms with van der Waals surface area (Å²) in [4.78, 5) is 42.0. The Hall–Kier alpha value is -2.85. The number of ether oxygens (including phenoxy) is 1. The molecule has 2 heterocycles. The van der Waals surface area contributed by atoms with Crippen LogP contribution in [0, 0.1) is 6.92 Å². The number of imide groups is 1. The van der Waals surface area contributed by atoms with Gasteiger partial charge in [-0.2, -0.15) is 0 Å². The van der Waals surface area contributed by atoms with Crippen LogP contribution in [-0.2, 0) is 19.6 Å². The Bertz CT molecular complexity index is 1140. The van der Waals surface area contributed by atoms with Crippen LogP contribution in [0.3, 0.4) is 0 Å². The predicted molar refractivity (Wildman–Crippen MR) is 104 cm³/mol. The zero-order chi connectivity index (χ0) is 21.5. The number of nitrogens with one attached hydrogen (secondary N) is 1. The number of carbonyl (C=O) groups excluding carboxylic acids is 3. The minimum Gasteiger partial charge on any atom is -0.464 e. The Morgan fingerprint density at radius 1 is 1.21 bits per heavy atom. The maximum absolute atomic E-state index is 13.0. The zero-order valence-electron chi connectivity index (χ0n) is 16.5. The van der Waals surface area contributed by atoms with Crippen molar-refractivity contribution in [2.45, 2.75) is 38.6 Å². The lowest BCUT2D eigenvalue weighted by Gasteiger charge is -2.13. The van der Waals surface area contributed by atoms with E-state index >= 15 is 0 Å². The highest BCUT2D eigenvalue weighted by Gasteiger charge is 2.39. The van der Waals surface area contributed by atoms with Crippen molar-refractivity contribution < 1.29 is 27.5 Å². The van der Waals surface area contributed by atoms with Crippen molar-refractivity contribution in [2.75, 3.05) is 13.2 Å². The van der Waals surface area contributed by atoms with Crippen molar-refractivity contribution >= 4 is 38.7 Å². The van der Waals surface area contributed by atoms with Gasteiger partial charge in [0.1, 0.15) is 6.61 Å². The monoisotopic (exact) mass is 419 g/mol. The van der Waals surface area contributed by atoms with E-state index in [1.54, 1.807) is 20.8 Å². The number of sulfonamides is 1. The third-order valence-electron chi connectivity index (χ3n) is 4.38. The van der Waals surface area contributed by atoms with E-state index in [0.717, 1.165) is 4.90 Å². The van der Waals surface area contributed by atoms with Gasteiger partial charge in [0.25, 0.3) is 11.8 Å². The molecule has 3 rings (SSSR count). The summed E-state index contributed by atoms with van der Waals surface area (Å²) in [5.74, 6) is -1.63. The van der Waals surface area contributed by atoms with Gasteiger partial charge in [0.2, 0.25) is 10.0 Å². The van der Waals surface area contributed by atoms with Gasteiger partial charge in [-0.1, -0.05) is 0 Å². The van der Waals surface area contributed by atoms with Gasteiger partial charge in [0, 0.05) is 18.4 Å². The number of hydrogen-bond donors (Lipinski definition) is 1. The first-order valence-corrected chi connectivity index (χ1v) is 10.5. The Kier molecular flexibility index (Phi) is 5.42. The van der Waals surface area contributed by atoms with Gasteiger partial charge < -0.3 is 4.74 Å². The third kappa shape index (κ3) is 3.85. The first-order chi connectivity index (χ1) is 13.5. The molecule has 0 spiro atoms. The summed E-state index contributed by atoms with van der Waals surface area (Å²) in [6, 6.07) is 3.96. The van der Waals surface area contributed by atoms with Crippen LogP contribution in [0.4, 0.5) is 0 Å². The molecule has 1 N–H and O–H groups in total. The summed E-state index contributed by atoms with van der Waals surface area (Å²) in [7, 11) is -3.79. The molecule has 0 bridgehead atoms. The first kappa shape index (κ1) is 20.9. The fourth-order valence-electron chi connectivity index (χ4n) is 3.24. The van der Waals surface area contributed by atoms with Gasteiger partial charge >= 0.3 is 5.97 Å². The molecule has 10 heteroatoms. The zero-order valence-corrected chi connectivity index (χ0v) is 17.3. The number of hydrogen-bond acceptors (Lipinski definition) is 7. The van der Waals surface area contributed by atoms with Crippen LogP contribution in [0.25, 0.3) is 10.9 Å². The molecule has 2 aromatic rings. The highest BCUT2D eigenvalue weighted by molar-refractivity contribution is 7.89. The average Bonchev–Trinajstić information content (AvgIpc) is 2.86. The van der Waals surface area contributed by atoms with Crippen LogP contribution in [0.15, 0.2) is 23.1 Å². The highest BCUT2D eigenvalue weighted by atomic mass is 32.2. The molecule has 0 aliphatic carbocycles. The van der Waals surface area contributed by atoms with Gasteiger partial charge in [-0.15, -0.1) is 0 Å². The van der Waals surface area contributed by atoms with E-state index in [2.05, 4.69) is 9.71 Å². The number of aromatic nitrogens is 1. The summed E-state index contributed by atoms with van der Waals surface area (Å²) in [5.41, 5.74) is 1.03. The molecule has 1 aliphatic rings. The van der Waals surface area contributed by atoms with E-state index in [1.165, 1.54) is 25.1 Å². The Balaban J connectivity index is 2.10. The molecule has 0 saturated carbocycles. The summed E-state index contributed by atoms with van der Waals surface area (Å²) in [5, 5.41) is 0.283. The molecule has 1 aromatic carbocycles. The van der Waals surface area contributed by atoms with E-state index in [0.29, 0.717) is 11.2 Å². The standard InChI is InChI=1S/C19H21N3O6S/c1-10(2)21-29(26,27)13-5-6-15-14(9-13)17-16(11(3)20-15)18(24)22(19(17)25)7-8-28-12(4)23/h5-6,9-10,21H,7-8H2,1-4H3. The van der Waals surface area contributed by atoms with Crippen LogP contribution >= 0.6 is 0 Å². The summed E-state index contributed by atoms with van der Waals surface area (Å²) in [6.07, 6.45) is 0. The molecule has 0 unspecified atom stereocenters. The van der Waals surface area contributed by atoms with Gasteiger partial charge in [0.05, 0.1) is 33.8 Å². The molecule has 0 atom stereocenters. The lowest BCUT2D eigenvalue weighted by molar-refractivity contribution is -0.141. The van der Waals surface area contributed by atoms with Crippen molar-refractivity contribution in [3.05, 3.63) is 35.0 Å². The predicted octanol–water partition coefficient (Wildman–Crippen LogP) is 1.39. The van der Waals surface area contributed by atoms with E-state index in [9.17, 15) is 22.8 Å². The fraction of sp³-hybridized carbons (Fsp3) is 0.368. The number of rotatable bonds is 6. The number of nitrogens with zero attached hydrogens (tertiary/aromatic N) is 2. The van der Waals surface area contributed by atoms with Crippen LogP contribution in [0.1, 0.15) is 47.2 Å². The second kappa shape index (κ2) is 7.53. The third-order valence-corrected chi connectivity index (χ3v) is 6.03. The molecule has 29 heavy (non-hydrogen) atoms. The number of aryl methyl sites for hydroxylation is 1. The van der Waals surface area contributed by atoms with Crippen molar-refractivity contribution in [2.24, 2.45) is 0 Å². The van der Waals surface area contributed by atoms with Crippen molar-refractivity contribution in [3.8, 4) is 0 Å². The number of esters is 1.